The molecule has 0 aliphatic carbocycles. The topological polar surface area (TPSA) is 44.7 Å². The number of likely N-dealkylation sites (N-methyl/N-ethyl adjacent to an activating group) is 1. The van der Waals surface area contributed by atoms with Crippen LogP contribution in [0.3, 0.4) is 0 Å². The molecule has 0 aliphatic rings. The van der Waals surface area contributed by atoms with Crippen molar-refractivity contribution in [2.45, 2.75) is 19.9 Å². The standard InChI is InChI=1S/C15H25ClN2O2/c1-4-18(5-2)10-9-17-13(11-19)15-12(16)7-6-8-14(15)20-3/h6-8,13,17,19H,4-5,9-11H2,1-3H3. The predicted octanol–water partition coefficient (Wildman–Crippen LogP) is 2.31. The molecule has 114 valence electrons. The summed E-state index contributed by atoms with van der Waals surface area (Å²) in [7, 11) is 1.61. The van der Waals surface area contributed by atoms with E-state index in [0.717, 1.165) is 31.7 Å². The van der Waals surface area contributed by atoms with Crippen LogP contribution in [-0.2, 0) is 0 Å². The van der Waals surface area contributed by atoms with Crippen molar-refractivity contribution in [1.29, 1.82) is 0 Å². The summed E-state index contributed by atoms with van der Waals surface area (Å²) >= 11 is 6.24. The van der Waals surface area contributed by atoms with Gasteiger partial charge in [-0.2, -0.15) is 0 Å². The first-order chi connectivity index (χ1) is 9.67. The van der Waals surface area contributed by atoms with Crippen LogP contribution in [0.25, 0.3) is 0 Å². The predicted molar refractivity (Wildman–Crippen MR) is 83.6 cm³/mol. The van der Waals surface area contributed by atoms with Gasteiger partial charge in [0.1, 0.15) is 5.75 Å². The Hall–Kier alpha value is -0.810. The van der Waals surface area contributed by atoms with Crippen LogP contribution in [0.5, 0.6) is 5.75 Å². The van der Waals surface area contributed by atoms with E-state index >= 15 is 0 Å². The smallest absolute Gasteiger partial charge is 0.125 e. The molecule has 1 rings (SSSR count). The molecule has 0 radical (unpaired) electrons. The summed E-state index contributed by atoms with van der Waals surface area (Å²) in [4.78, 5) is 2.32. The molecule has 0 spiro atoms. The van der Waals surface area contributed by atoms with Gasteiger partial charge in [-0.3, -0.25) is 0 Å². The summed E-state index contributed by atoms with van der Waals surface area (Å²) in [6.45, 7) is 8.05. The summed E-state index contributed by atoms with van der Waals surface area (Å²) in [6, 6.07) is 5.30. The van der Waals surface area contributed by atoms with E-state index in [9.17, 15) is 5.11 Å². The number of aliphatic hydroxyl groups excluding tert-OH is 1. The van der Waals surface area contributed by atoms with Gasteiger partial charge in [0.2, 0.25) is 0 Å². The summed E-state index contributed by atoms with van der Waals surface area (Å²) in [5, 5.41) is 13.6. The summed E-state index contributed by atoms with van der Waals surface area (Å²) in [6.07, 6.45) is 0. The second-order valence-electron chi connectivity index (χ2n) is 4.57. The minimum atomic E-state index is -0.214. The minimum absolute atomic E-state index is 0.0155. The fourth-order valence-corrected chi connectivity index (χ4v) is 2.53. The maximum atomic E-state index is 9.61. The van der Waals surface area contributed by atoms with Crippen LogP contribution in [0, 0.1) is 0 Å². The molecule has 1 unspecified atom stereocenters. The average molecular weight is 301 g/mol. The molecule has 0 fully saturated rings. The Morgan fingerprint density at radius 1 is 1.35 bits per heavy atom. The molecule has 2 N–H and O–H groups in total. The number of nitrogens with zero attached hydrogens (tertiary/aromatic N) is 1. The number of benzene rings is 1. The third-order valence-corrected chi connectivity index (χ3v) is 3.81. The number of hydrogen-bond acceptors (Lipinski definition) is 4. The van der Waals surface area contributed by atoms with Crippen LogP contribution in [0.15, 0.2) is 18.2 Å². The Bertz CT molecular complexity index is 397. The molecule has 1 aromatic rings. The largest absolute Gasteiger partial charge is 0.496 e. The van der Waals surface area contributed by atoms with E-state index in [0.29, 0.717) is 10.8 Å². The van der Waals surface area contributed by atoms with Crippen LogP contribution in [0.4, 0.5) is 0 Å². The highest BCUT2D eigenvalue weighted by molar-refractivity contribution is 6.31. The van der Waals surface area contributed by atoms with Crippen molar-refractivity contribution in [3.8, 4) is 5.75 Å². The van der Waals surface area contributed by atoms with E-state index in [2.05, 4.69) is 24.1 Å². The zero-order valence-corrected chi connectivity index (χ0v) is 13.3. The molecule has 20 heavy (non-hydrogen) atoms. The van der Waals surface area contributed by atoms with E-state index in [1.54, 1.807) is 7.11 Å². The van der Waals surface area contributed by atoms with Crippen LogP contribution in [-0.4, -0.2) is 49.9 Å². The molecule has 0 aromatic heterocycles. The first-order valence-electron chi connectivity index (χ1n) is 7.06. The van der Waals surface area contributed by atoms with Gasteiger partial charge in [-0.1, -0.05) is 31.5 Å². The van der Waals surface area contributed by atoms with Gasteiger partial charge in [-0.05, 0) is 25.2 Å². The first kappa shape index (κ1) is 17.2. The lowest BCUT2D eigenvalue weighted by molar-refractivity contribution is 0.230. The van der Waals surface area contributed by atoms with Gasteiger partial charge in [-0.25, -0.2) is 0 Å². The molecule has 0 aliphatic heterocycles. The minimum Gasteiger partial charge on any atom is -0.496 e. The van der Waals surface area contributed by atoms with Gasteiger partial charge in [0.05, 0.1) is 19.8 Å². The fourth-order valence-electron chi connectivity index (χ4n) is 2.23. The Morgan fingerprint density at radius 3 is 2.60 bits per heavy atom. The molecule has 0 bridgehead atoms. The van der Waals surface area contributed by atoms with Gasteiger partial charge < -0.3 is 20.1 Å². The number of halogens is 1. The molecule has 4 nitrogen and oxygen atoms in total. The van der Waals surface area contributed by atoms with Crippen molar-refractivity contribution >= 4 is 11.6 Å². The average Bonchev–Trinajstić information content (AvgIpc) is 2.48. The van der Waals surface area contributed by atoms with E-state index in [1.165, 1.54) is 0 Å². The fraction of sp³-hybridized carbons (Fsp3) is 0.600. The van der Waals surface area contributed by atoms with Gasteiger partial charge in [-0.15, -0.1) is 0 Å². The summed E-state index contributed by atoms with van der Waals surface area (Å²) in [5.74, 6) is 0.701. The van der Waals surface area contributed by atoms with E-state index in [4.69, 9.17) is 16.3 Å². The normalized spacial score (nSPS) is 12.7. The lowest BCUT2D eigenvalue weighted by atomic mass is 10.1. The Morgan fingerprint density at radius 2 is 2.05 bits per heavy atom. The highest BCUT2D eigenvalue weighted by Gasteiger charge is 2.18. The second-order valence-corrected chi connectivity index (χ2v) is 4.98. The van der Waals surface area contributed by atoms with E-state index < -0.39 is 0 Å². The Kier molecular flexibility index (Phi) is 7.92. The van der Waals surface area contributed by atoms with Gasteiger partial charge >= 0.3 is 0 Å². The summed E-state index contributed by atoms with van der Waals surface area (Å²) in [5.41, 5.74) is 0.818. The number of hydrogen-bond donors (Lipinski definition) is 2. The number of methoxy groups -OCH3 is 1. The third-order valence-electron chi connectivity index (χ3n) is 3.48. The lowest BCUT2D eigenvalue weighted by Crippen LogP contribution is -2.35. The monoisotopic (exact) mass is 300 g/mol. The summed E-state index contributed by atoms with van der Waals surface area (Å²) < 4.78 is 5.33. The van der Waals surface area contributed by atoms with Crippen molar-refractivity contribution in [1.82, 2.24) is 10.2 Å². The van der Waals surface area contributed by atoms with Crippen molar-refractivity contribution in [3.63, 3.8) is 0 Å². The number of nitrogens with one attached hydrogen (secondary N) is 1. The molecule has 1 aromatic carbocycles. The molecular formula is C15H25ClN2O2. The van der Waals surface area contributed by atoms with Gasteiger partial charge in [0.25, 0.3) is 0 Å². The number of rotatable bonds is 9. The van der Waals surface area contributed by atoms with E-state index in [1.807, 2.05) is 18.2 Å². The maximum absolute atomic E-state index is 9.61. The quantitative estimate of drug-likeness (QED) is 0.735. The number of aliphatic hydroxyl groups is 1. The van der Waals surface area contributed by atoms with Crippen LogP contribution >= 0.6 is 11.6 Å². The number of ether oxygens (including phenoxy) is 1. The third kappa shape index (κ3) is 4.63. The van der Waals surface area contributed by atoms with Crippen molar-refractivity contribution in [2.24, 2.45) is 0 Å². The Balaban J connectivity index is 2.71. The zero-order valence-electron chi connectivity index (χ0n) is 12.5. The molecule has 0 heterocycles. The molecule has 0 saturated carbocycles. The SMILES string of the molecule is CCN(CC)CCNC(CO)c1c(Cl)cccc1OC. The zero-order chi connectivity index (χ0) is 15.0. The van der Waals surface area contributed by atoms with Crippen molar-refractivity contribution < 1.29 is 9.84 Å². The molecule has 1 atom stereocenters. The van der Waals surface area contributed by atoms with Gasteiger partial charge in [0.15, 0.2) is 0 Å². The van der Waals surface area contributed by atoms with E-state index in [-0.39, 0.29) is 12.6 Å². The molecular weight excluding hydrogens is 276 g/mol. The first-order valence-corrected chi connectivity index (χ1v) is 7.44. The Labute approximate surface area is 126 Å². The van der Waals surface area contributed by atoms with Gasteiger partial charge in [0, 0.05) is 23.7 Å². The highest BCUT2D eigenvalue weighted by Crippen LogP contribution is 2.31. The molecule has 0 amide bonds. The van der Waals surface area contributed by atoms with Crippen LogP contribution in [0.2, 0.25) is 5.02 Å². The highest BCUT2D eigenvalue weighted by atomic mass is 35.5. The second kappa shape index (κ2) is 9.19. The van der Waals surface area contributed by atoms with Crippen LogP contribution in [0.1, 0.15) is 25.5 Å². The maximum Gasteiger partial charge on any atom is 0.125 e. The molecule has 5 heteroatoms. The van der Waals surface area contributed by atoms with Crippen molar-refractivity contribution in [3.05, 3.63) is 28.8 Å². The lowest BCUT2D eigenvalue weighted by Gasteiger charge is -2.23. The van der Waals surface area contributed by atoms with Crippen LogP contribution < -0.4 is 10.1 Å². The van der Waals surface area contributed by atoms with Crippen molar-refractivity contribution in [2.75, 3.05) is 39.9 Å². The molecule has 0 saturated heterocycles.